The number of halogens is 3. The van der Waals surface area contributed by atoms with E-state index in [-0.39, 0.29) is 28.3 Å². The van der Waals surface area contributed by atoms with Crippen molar-refractivity contribution >= 4 is 40.6 Å². The molecule has 1 aliphatic rings. The Kier molecular flexibility index (Phi) is 10.8. The highest BCUT2D eigenvalue weighted by molar-refractivity contribution is 7.07. The van der Waals surface area contributed by atoms with E-state index in [1.54, 1.807) is 47.5 Å². The van der Waals surface area contributed by atoms with Crippen LogP contribution in [0.4, 0.5) is 18.9 Å². The lowest BCUT2D eigenvalue weighted by Gasteiger charge is -2.34. The molecular weight excluding hydrogens is 597 g/mol. The largest absolute Gasteiger partial charge is 0.484 e. The van der Waals surface area contributed by atoms with E-state index < -0.39 is 29.8 Å². The van der Waals surface area contributed by atoms with E-state index in [0.717, 1.165) is 35.5 Å². The minimum Gasteiger partial charge on any atom is -0.484 e. The summed E-state index contributed by atoms with van der Waals surface area (Å²) >= 11 is 0.805. The normalized spacial score (nSPS) is 15.0. The summed E-state index contributed by atoms with van der Waals surface area (Å²) in [5.41, 5.74) is 0.664. The van der Waals surface area contributed by atoms with Crippen molar-refractivity contribution in [3.05, 3.63) is 79.7 Å². The predicted octanol–water partition coefficient (Wildman–Crippen LogP) is 1.86. The Morgan fingerprint density at radius 1 is 1.09 bits per heavy atom. The first kappa shape index (κ1) is 32.3. The molecule has 0 unspecified atom stereocenters. The van der Waals surface area contributed by atoms with Gasteiger partial charge in [-0.3, -0.25) is 23.9 Å². The van der Waals surface area contributed by atoms with Crippen LogP contribution in [0.25, 0.3) is 11.8 Å². The number of alkyl halides is 3. The van der Waals surface area contributed by atoms with E-state index in [9.17, 15) is 32.8 Å². The highest BCUT2D eigenvalue weighted by Gasteiger charge is 2.29. The molecule has 0 spiro atoms. The van der Waals surface area contributed by atoms with Crippen molar-refractivity contribution in [1.82, 2.24) is 19.7 Å². The number of aromatic nitrogens is 1. The van der Waals surface area contributed by atoms with Gasteiger partial charge >= 0.3 is 6.18 Å². The summed E-state index contributed by atoms with van der Waals surface area (Å²) in [5, 5.41) is 14.1. The van der Waals surface area contributed by atoms with Crippen molar-refractivity contribution in [1.29, 1.82) is 5.26 Å². The topological polar surface area (TPSA) is 120 Å². The fraction of sp³-hybridized carbons (Fsp3) is 0.333. The Balaban J connectivity index is 1.38. The lowest BCUT2D eigenvalue weighted by atomic mass is 10.2. The Hall–Kier alpha value is -4.61. The zero-order valence-corrected chi connectivity index (χ0v) is 24.7. The number of ether oxygens (including phenoxy) is 1. The van der Waals surface area contributed by atoms with Gasteiger partial charge in [-0.1, -0.05) is 36.4 Å². The van der Waals surface area contributed by atoms with Crippen molar-refractivity contribution in [2.45, 2.75) is 26.2 Å². The minimum atomic E-state index is -4.65. The van der Waals surface area contributed by atoms with Crippen LogP contribution in [-0.4, -0.2) is 71.7 Å². The second-order valence-electron chi connectivity index (χ2n) is 9.85. The fourth-order valence-corrected chi connectivity index (χ4v) is 5.60. The van der Waals surface area contributed by atoms with Crippen LogP contribution in [0.2, 0.25) is 0 Å². The molecular formula is C30H31F3N6O4S. The van der Waals surface area contributed by atoms with Crippen molar-refractivity contribution in [2.75, 3.05) is 44.6 Å². The average molecular weight is 629 g/mol. The first-order chi connectivity index (χ1) is 21.1. The summed E-state index contributed by atoms with van der Waals surface area (Å²) < 4.78 is 44.6. The second-order valence-corrected chi connectivity index (χ2v) is 10.9. The van der Waals surface area contributed by atoms with Gasteiger partial charge in [-0.15, -0.1) is 11.3 Å². The second kappa shape index (κ2) is 14.7. The number of nitrogens with one attached hydrogen (secondary N) is 2. The predicted molar refractivity (Wildman–Crippen MR) is 160 cm³/mol. The zero-order valence-electron chi connectivity index (χ0n) is 23.9. The monoisotopic (exact) mass is 628 g/mol. The summed E-state index contributed by atoms with van der Waals surface area (Å²) in [5.74, 6) is -0.913. The molecule has 0 atom stereocenters. The first-order valence-electron chi connectivity index (χ1n) is 13.8. The fourth-order valence-electron chi connectivity index (χ4n) is 4.52. The summed E-state index contributed by atoms with van der Waals surface area (Å²) in [6.45, 7) is 3.57. The van der Waals surface area contributed by atoms with Crippen LogP contribution in [0.15, 0.2) is 59.4 Å². The molecule has 10 nitrogen and oxygen atoms in total. The Morgan fingerprint density at radius 2 is 1.82 bits per heavy atom. The van der Waals surface area contributed by atoms with Crippen LogP contribution < -0.4 is 30.1 Å². The van der Waals surface area contributed by atoms with E-state index in [1.807, 2.05) is 18.2 Å². The number of anilines is 1. The van der Waals surface area contributed by atoms with Gasteiger partial charge in [0.15, 0.2) is 12.2 Å². The molecule has 1 saturated heterocycles. The highest BCUT2D eigenvalue weighted by atomic mass is 32.1. The zero-order chi connectivity index (χ0) is 31.7. The molecule has 1 aromatic heterocycles. The van der Waals surface area contributed by atoms with Crippen LogP contribution in [0.5, 0.6) is 5.75 Å². The standard InChI is InChI=1S/C30H31F3N6O4S/c1-2-39-28(42)25(44-29(39)24(16-34)27(41)36-20-30(31,32)33)17-35-22-9-6-10-23(15-22)43-19-26(40)38-13-11-37(12-14-38)18-21-7-4-3-5-8-21/h3-10,15,17,35H,2,11-14,18-20H2,1H3,(H,36,41)/b25-17+,29-24-. The third-order valence-electron chi connectivity index (χ3n) is 6.77. The van der Waals surface area contributed by atoms with E-state index in [4.69, 9.17) is 4.74 Å². The molecule has 3 aromatic rings. The molecule has 2 N–H and O–H groups in total. The van der Waals surface area contributed by atoms with Crippen LogP contribution in [-0.2, 0) is 22.7 Å². The molecule has 0 bridgehead atoms. The molecule has 2 heterocycles. The Labute approximate surface area is 255 Å². The van der Waals surface area contributed by atoms with Crippen molar-refractivity contribution < 1.29 is 27.5 Å². The highest BCUT2D eigenvalue weighted by Crippen LogP contribution is 2.18. The minimum absolute atomic E-state index is 0.0516. The molecule has 2 amide bonds. The number of rotatable bonds is 10. The summed E-state index contributed by atoms with van der Waals surface area (Å²) in [6, 6.07) is 18.5. The number of carbonyl (C=O) groups is 2. The molecule has 232 valence electrons. The van der Waals surface area contributed by atoms with Crippen molar-refractivity contribution in [3.63, 3.8) is 0 Å². The molecule has 0 aliphatic carbocycles. The Morgan fingerprint density at radius 3 is 2.48 bits per heavy atom. The van der Waals surface area contributed by atoms with Crippen LogP contribution >= 0.6 is 11.3 Å². The number of amides is 2. The maximum atomic E-state index is 12.9. The maximum absolute atomic E-state index is 12.9. The first-order valence-corrected chi connectivity index (χ1v) is 14.6. The summed E-state index contributed by atoms with van der Waals surface area (Å²) in [6.07, 6.45) is -3.27. The lowest BCUT2D eigenvalue weighted by Crippen LogP contribution is -2.49. The van der Waals surface area contributed by atoms with E-state index in [0.29, 0.717) is 24.5 Å². The number of thiazole rings is 1. The van der Waals surface area contributed by atoms with Crippen molar-refractivity contribution in [3.8, 4) is 11.8 Å². The number of hydrogen-bond donors (Lipinski definition) is 2. The number of piperazine rings is 1. The molecule has 0 radical (unpaired) electrons. The van der Waals surface area contributed by atoms with Gasteiger partial charge in [-0.2, -0.15) is 18.4 Å². The van der Waals surface area contributed by atoms with Gasteiger partial charge in [0.1, 0.15) is 27.6 Å². The summed E-state index contributed by atoms with van der Waals surface area (Å²) in [4.78, 5) is 42.0. The van der Waals surface area contributed by atoms with Gasteiger partial charge in [-0.25, -0.2) is 0 Å². The van der Waals surface area contributed by atoms with Crippen LogP contribution in [0.3, 0.4) is 0 Å². The molecule has 4 rings (SSSR count). The Bertz CT molecular complexity index is 1690. The van der Waals surface area contributed by atoms with Crippen LogP contribution in [0, 0.1) is 11.3 Å². The smallest absolute Gasteiger partial charge is 0.405 e. The van der Waals surface area contributed by atoms with Gasteiger partial charge in [0.25, 0.3) is 17.4 Å². The summed E-state index contributed by atoms with van der Waals surface area (Å²) in [7, 11) is 0. The maximum Gasteiger partial charge on any atom is 0.405 e. The molecule has 14 heteroatoms. The number of carbonyl (C=O) groups excluding carboxylic acids is 2. The van der Waals surface area contributed by atoms with Gasteiger partial charge < -0.3 is 20.3 Å². The van der Waals surface area contributed by atoms with E-state index >= 15 is 0 Å². The average Bonchev–Trinajstić information content (AvgIpc) is 3.33. The number of nitriles is 1. The third kappa shape index (κ3) is 8.71. The van der Waals surface area contributed by atoms with E-state index in [1.165, 1.54) is 11.8 Å². The molecule has 44 heavy (non-hydrogen) atoms. The lowest BCUT2D eigenvalue weighted by molar-refractivity contribution is -0.135. The number of benzene rings is 2. The molecule has 1 aliphatic heterocycles. The van der Waals surface area contributed by atoms with Gasteiger partial charge in [0.05, 0.1) is 0 Å². The van der Waals surface area contributed by atoms with Gasteiger partial charge in [0.2, 0.25) is 0 Å². The van der Waals surface area contributed by atoms with Gasteiger partial charge in [-0.05, 0) is 24.6 Å². The third-order valence-corrected chi connectivity index (χ3v) is 7.90. The molecule has 1 fully saturated rings. The van der Waals surface area contributed by atoms with E-state index in [2.05, 4.69) is 22.3 Å². The quantitative estimate of drug-likeness (QED) is 0.352. The van der Waals surface area contributed by atoms with Crippen molar-refractivity contribution in [2.24, 2.45) is 0 Å². The molecule has 0 saturated carbocycles. The number of nitrogens with zero attached hydrogens (tertiary/aromatic N) is 4. The SMILES string of the molecule is CCn1c(=O)/c(=C\Nc2cccc(OCC(=O)N3CCN(Cc4ccccc4)CC3)c2)s/c1=C(/C#N)C(=O)NCC(F)(F)F. The van der Waals surface area contributed by atoms with Crippen LogP contribution in [0.1, 0.15) is 12.5 Å². The van der Waals surface area contributed by atoms with Gasteiger partial charge in [0, 0.05) is 57.2 Å². The molecule has 2 aromatic carbocycles. The number of hydrogen-bond acceptors (Lipinski definition) is 8.